The summed E-state index contributed by atoms with van der Waals surface area (Å²) in [5, 5.41) is 5.96. The predicted molar refractivity (Wildman–Crippen MR) is 111 cm³/mol. The maximum atomic E-state index is 12.3. The second kappa shape index (κ2) is 8.39. The number of ketones is 1. The van der Waals surface area contributed by atoms with Gasteiger partial charge in [0.15, 0.2) is 5.78 Å². The summed E-state index contributed by atoms with van der Waals surface area (Å²) in [6, 6.07) is 3.12. The number of oxime groups is 1. The number of halogens is 4. The third-order valence-electron chi connectivity index (χ3n) is 4.12. The maximum Gasteiger partial charge on any atom is 0.437 e. The molecule has 1 aromatic rings. The van der Waals surface area contributed by atoms with Gasteiger partial charge in [-0.3, -0.25) is 14.9 Å². The lowest BCUT2D eigenvalue weighted by molar-refractivity contribution is -0.116. The third-order valence-corrected chi connectivity index (χ3v) is 6.00. The van der Waals surface area contributed by atoms with Gasteiger partial charge in [-0.1, -0.05) is 42.2 Å². The van der Waals surface area contributed by atoms with E-state index < -0.39 is 16.3 Å². The highest BCUT2D eigenvalue weighted by atomic mass is 35.5. The molecule has 146 valence electrons. The summed E-state index contributed by atoms with van der Waals surface area (Å²) >= 11 is 24.7. The van der Waals surface area contributed by atoms with Crippen LogP contribution >= 0.6 is 46.4 Å². The number of rotatable bonds is 3. The molecule has 0 aliphatic heterocycles. The molecule has 1 aliphatic rings. The van der Waals surface area contributed by atoms with Crippen LogP contribution in [0.1, 0.15) is 26.3 Å². The van der Waals surface area contributed by atoms with Crippen LogP contribution in [0, 0.1) is 12.8 Å². The Morgan fingerprint density at radius 3 is 2.52 bits per heavy atom. The molecular formula is C18H18Cl4N2O3. The summed E-state index contributed by atoms with van der Waals surface area (Å²) in [7, 11) is 0. The van der Waals surface area contributed by atoms with E-state index in [1.807, 2.05) is 13.8 Å². The van der Waals surface area contributed by atoms with Gasteiger partial charge in [0.25, 0.3) is 0 Å². The van der Waals surface area contributed by atoms with Crippen LogP contribution in [0.3, 0.4) is 0 Å². The summed E-state index contributed by atoms with van der Waals surface area (Å²) in [4.78, 5) is 28.0. The van der Waals surface area contributed by atoms with E-state index in [4.69, 9.17) is 51.2 Å². The summed E-state index contributed by atoms with van der Waals surface area (Å²) < 4.78 is 0. The molecule has 5 nitrogen and oxygen atoms in total. The second-order valence-electron chi connectivity index (χ2n) is 6.62. The molecule has 0 saturated carbocycles. The van der Waals surface area contributed by atoms with Gasteiger partial charge in [-0.25, -0.2) is 4.79 Å². The Morgan fingerprint density at radius 2 is 1.93 bits per heavy atom. The molecule has 2 rings (SSSR count). The highest BCUT2D eigenvalue weighted by Gasteiger charge is 2.45. The van der Waals surface area contributed by atoms with Gasteiger partial charge in [0.1, 0.15) is 16.0 Å². The van der Waals surface area contributed by atoms with Crippen LogP contribution in [-0.2, 0) is 9.63 Å². The van der Waals surface area contributed by atoms with Crippen molar-refractivity contribution in [2.75, 3.05) is 5.32 Å². The SMILES string of the molecule is Cc1cc(Cl)c(NC(=O)O/N=C2/C=C(C(C)C)C(=O)[C@@H](Cl)[C@]2(C)Cl)cc1Cl. The maximum absolute atomic E-state index is 12.3. The lowest BCUT2D eigenvalue weighted by atomic mass is 9.82. The average molecular weight is 452 g/mol. The highest BCUT2D eigenvalue weighted by Crippen LogP contribution is 2.35. The van der Waals surface area contributed by atoms with Crippen molar-refractivity contribution in [2.45, 2.75) is 37.9 Å². The zero-order valence-electron chi connectivity index (χ0n) is 15.1. The van der Waals surface area contributed by atoms with Crippen molar-refractivity contribution in [3.63, 3.8) is 0 Å². The number of benzene rings is 1. The molecule has 0 saturated heterocycles. The normalized spacial score (nSPS) is 24.2. The van der Waals surface area contributed by atoms with E-state index in [0.29, 0.717) is 15.6 Å². The monoisotopic (exact) mass is 450 g/mol. The van der Waals surface area contributed by atoms with E-state index in [9.17, 15) is 9.59 Å². The summed E-state index contributed by atoms with van der Waals surface area (Å²) in [5.41, 5.74) is 1.68. The topological polar surface area (TPSA) is 67.8 Å². The first-order valence-electron chi connectivity index (χ1n) is 8.06. The van der Waals surface area contributed by atoms with E-state index in [0.717, 1.165) is 5.56 Å². The number of hydrogen-bond acceptors (Lipinski definition) is 4. The Labute approximate surface area is 177 Å². The standard InChI is InChI=1S/C18H18Cl4N2O3/c1-8(2)10-6-14(18(4,22)16(21)15(10)25)24-27-17(26)23-13-7-11(19)9(3)5-12(13)20/h5-8,16H,1-4H3,(H,23,26)/b24-14-/t16-,18-/m1/s1. The molecule has 0 fully saturated rings. The van der Waals surface area contributed by atoms with Crippen molar-refractivity contribution >= 4 is 69.7 Å². The fourth-order valence-electron chi connectivity index (χ4n) is 2.41. The van der Waals surface area contributed by atoms with Crippen LogP contribution in [0.15, 0.2) is 28.9 Å². The molecule has 0 unspecified atom stereocenters. The zero-order chi connectivity index (χ0) is 20.5. The summed E-state index contributed by atoms with van der Waals surface area (Å²) in [6.07, 6.45) is 0.612. The van der Waals surface area contributed by atoms with Gasteiger partial charge in [-0.2, -0.15) is 0 Å². The van der Waals surface area contributed by atoms with Gasteiger partial charge in [0, 0.05) is 10.6 Å². The second-order valence-corrected chi connectivity index (χ2v) is 8.65. The number of nitrogens with zero attached hydrogens (tertiary/aromatic N) is 1. The smallest absolute Gasteiger partial charge is 0.297 e. The highest BCUT2D eigenvalue weighted by molar-refractivity contribution is 6.51. The molecule has 1 amide bonds. The van der Waals surface area contributed by atoms with Crippen LogP contribution < -0.4 is 5.32 Å². The molecular weight excluding hydrogens is 434 g/mol. The number of alkyl halides is 2. The van der Waals surface area contributed by atoms with Crippen molar-refractivity contribution in [1.29, 1.82) is 0 Å². The van der Waals surface area contributed by atoms with E-state index in [1.165, 1.54) is 19.1 Å². The van der Waals surface area contributed by atoms with Gasteiger partial charge in [-0.05, 0) is 43.5 Å². The van der Waals surface area contributed by atoms with Crippen LogP contribution in [0.4, 0.5) is 10.5 Å². The van der Waals surface area contributed by atoms with Gasteiger partial charge >= 0.3 is 6.09 Å². The van der Waals surface area contributed by atoms with E-state index in [2.05, 4.69) is 10.5 Å². The Balaban J connectivity index is 2.24. The minimum absolute atomic E-state index is 0.0842. The van der Waals surface area contributed by atoms with E-state index in [1.54, 1.807) is 13.0 Å². The van der Waals surface area contributed by atoms with Crippen molar-refractivity contribution in [1.82, 2.24) is 0 Å². The van der Waals surface area contributed by atoms with Crippen LogP contribution in [0.25, 0.3) is 0 Å². The van der Waals surface area contributed by atoms with Crippen LogP contribution in [0.2, 0.25) is 10.0 Å². The van der Waals surface area contributed by atoms with Gasteiger partial charge in [-0.15, -0.1) is 23.2 Å². The first-order chi connectivity index (χ1) is 12.4. The molecule has 0 aromatic heterocycles. The number of Topliss-reactive ketones (excluding diaryl/α,β-unsaturated/α-hetero) is 1. The minimum Gasteiger partial charge on any atom is -0.297 e. The Hall–Kier alpha value is -1.27. The van der Waals surface area contributed by atoms with Gasteiger partial charge in [0.2, 0.25) is 0 Å². The first-order valence-corrected chi connectivity index (χ1v) is 9.63. The number of amides is 1. The Kier molecular flexibility index (Phi) is 6.85. The lowest BCUT2D eigenvalue weighted by Crippen LogP contribution is -2.47. The van der Waals surface area contributed by atoms with E-state index in [-0.39, 0.29) is 23.1 Å². The number of anilines is 1. The fourth-order valence-corrected chi connectivity index (χ4v) is 3.27. The first kappa shape index (κ1) is 22.0. The molecule has 0 bridgehead atoms. The Bertz CT molecular complexity index is 847. The van der Waals surface area contributed by atoms with Crippen LogP contribution in [-0.4, -0.2) is 27.8 Å². The summed E-state index contributed by atoms with van der Waals surface area (Å²) in [6.45, 7) is 7.01. The number of aryl methyl sites for hydroxylation is 1. The largest absolute Gasteiger partial charge is 0.437 e. The lowest BCUT2D eigenvalue weighted by Gasteiger charge is -2.32. The van der Waals surface area contributed by atoms with Crippen molar-refractivity contribution < 1.29 is 14.4 Å². The van der Waals surface area contributed by atoms with Crippen molar-refractivity contribution in [2.24, 2.45) is 11.1 Å². The molecule has 27 heavy (non-hydrogen) atoms. The predicted octanol–water partition coefficient (Wildman–Crippen LogP) is 5.98. The molecule has 1 aromatic carbocycles. The Morgan fingerprint density at radius 1 is 1.30 bits per heavy atom. The molecule has 1 aliphatic carbocycles. The average Bonchev–Trinajstić information content (AvgIpc) is 2.56. The number of carbonyl (C=O) groups is 2. The quantitative estimate of drug-likeness (QED) is 0.349. The molecule has 9 heteroatoms. The fraction of sp³-hybridized carbons (Fsp3) is 0.389. The molecule has 0 radical (unpaired) electrons. The minimum atomic E-state index is -1.32. The molecule has 0 heterocycles. The van der Waals surface area contributed by atoms with Crippen molar-refractivity contribution in [3.05, 3.63) is 39.4 Å². The van der Waals surface area contributed by atoms with E-state index >= 15 is 0 Å². The molecule has 0 spiro atoms. The van der Waals surface area contributed by atoms with Gasteiger partial charge in [0.05, 0.1) is 10.7 Å². The van der Waals surface area contributed by atoms with Gasteiger partial charge < -0.3 is 0 Å². The molecule has 1 N–H and O–H groups in total. The third kappa shape index (κ3) is 4.77. The number of allylic oxidation sites excluding steroid dienone is 2. The molecule has 2 atom stereocenters. The summed E-state index contributed by atoms with van der Waals surface area (Å²) in [5.74, 6) is -0.354. The number of nitrogens with one attached hydrogen (secondary N) is 1. The van der Waals surface area contributed by atoms with Crippen LogP contribution in [0.5, 0.6) is 0 Å². The zero-order valence-corrected chi connectivity index (χ0v) is 18.1. The number of carbonyl (C=O) groups excluding carboxylic acids is 2. The van der Waals surface area contributed by atoms with Crippen molar-refractivity contribution in [3.8, 4) is 0 Å². The number of hydrogen-bond donors (Lipinski definition) is 1.